The Bertz CT molecular complexity index is 403. The molecule has 0 spiro atoms. The highest BCUT2D eigenvalue weighted by atomic mass is 79.9. The number of hydrogen-bond donors (Lipinski definition) is 1. The maximum atomic E-state index is 13.1. The average Bonchev–Trinajstić information content (AvgIpc) is 2.33. The van der Waals surface area contributed by atoms with E-state index >= 15 is 0 Å². The Morgan fingerprint density at radius 1 is 1.80 bits per heavy atom. The third-order valence-corrected chi connectivity index (χ3v) is 2.87. The van der Waals surface area contributed by atoms with E-state index in [0.29, 0.717) is 13.2 Å². The summed E-state index contributed by atoms with van der Waals surface area (Å²) in [5, 5.41) is 8.80. The van der Waals surface area contributed by atoms with Crippen LogP contribution < -0.4 is 0 Å². The second-order valence-electron chi connectivity index (χ2n) is 3.22. The van der Waals surface area contributed by atoms with Crippen LogP contribution in [0, 0.1) is 5.95 Å². The number of imidazole rings is 1. The lowest BCUT2D eigenvalue weighted by Crippen LogP contribution is -2.32. The summed E-state index contributed by atoms with van der Waals surface area (Å²) in [4.78, 5) is 14.2. The second-order valence-corrected chi connectivity index (χ2v) is 3.93. The lowest BCUT2D eigenvalue weighted by atomic mass is 10.2. The van der Waals surface area contributed by atoms with Crippen molar-refractivity contribution in [2.24, 2.45) is 0 Å². The van der Waals surface area contributed by atoms with E-state index < -0.39 is 17.6 Å². The number of halogens is 2. The Labute approximate surface area is 93.0 Å². The number of rotatable bonds is 3. The third kappa shape index (κ3) is 1.89. The molecule has 7 heteroatoms. The number of nitrogens with zero attached hydrogens (tertiary/aromatic N) is 2. The Morgan fingerprint density at radius 2 is 2.47 bits per heavy atom. The topological polar surface area (TPSA) is 64.3 Å². The molecule has 1 aromatic heterocycles. The van der Waals surface area contributed by atoms with Crippen LogP contribution in [0.4, 0.5) is 4.39 Å². The van der Waals surface area contributed by atoms with E-state index in [9.17, 15) is 9.18 Å². The SMILES string of the molecule is O=C(O)c1c(F)nc(Br)n1C[C@@H]1CCO1. The van der Waals surface area contributed by atoms with Crippen LogP contribution in [0.25, 0.3) is 0 Å². The van der Waals surface area contributed by atoms with Crippen molar-refractivity contribution in [3.05, 3.63) is 16.4 Å². The van der Waals surface area contributed by atoms with E-state index in [1.807, 2.05) is 0 Å². The second kappa shape index (κ2) is 3.90. The number of carbonyl (C=O) groups is 1. The summed E-state index contributed by atoms with van der Waals surface area (Å²) in [6.07, 6.45) is 0.804. The van der Waals surface area contributed by atoms with Crippen molar-refractivity contribution in [3.63, 3.8) is 0 Å². The molecule has 1 aliphatic heterocycles. The Morgan fingerprint density at radius 3 is 2.93 bits per heavy atom. The molecule has 1 fully saturated rings. The van der Waals surface area contributed by atoms with E-state index in [2.05, 4.69) is 20.9 Å². The average molecular weight is 279 g/mol. The molecule has 0 radical (unpaired) electrons. The number of aromatic carboxylic acids is 1. The summed E-state index contributed by atoms with van der Waals surface area (Å²) in [5.74, 6) is -2.31. The van der Waals surface area contributed by atoms with Crippen molar-refractivity contribution < 1.29 is 19.0 Å². The lowest BCUT2D eigenvalue weighted by Gasteiger charge is -2.27. The molecule has 0 aromatic carbocycles. The van der Waals surface area contributed by atoms with Crippen molar-refractivity contribution in [3.8, 4) is 0 Å². The molecule has 0 saturated carbocycles. The van der Waals surface area contributed by atoms with Gasteiger partial charge in [-0.1, -0.05) is 0 Å². The van der Waals surface area contributed by atoms with Gasteiger partial charge in [-0.2, -0.15) is 9.37 Å². The summed E-state index contributed by atoms with van der Waals surface area (Å²) in [6, 6.07) is 0. The van der Waals surface area contributed by atoms with Crippen LogP contribution in [0.5, 0.6) is 0 Å². The number of ether oxygens (including phenoxy) is 1. The molecule has 1 atom stereocenters. The summed E-state index contributed by atoms with van der Waals surface area (Å²) in [5.41, 5.74) is -0.433. The standard InChI is InChI=1S/C8H8BrFN2O3/c9-8-11-6(10)5(7(13)14)12(8)3-4-1-2-15-4/h4H,1-3H2,(H,13,14)/t4-/m0/s1. The minimum atomic E-state index is -1.33. The monoisotopic (exact) mass is 278 g/mol. The molecule has 0 amide bonds. The van der Waals surface area contributed by atoms with Crippen molar-refractivity contribution >= 4 is 21.9 Å². The van der Waals surface area contributed by atoms with Crippen LogP contribution in [0.15, 0.2) is 4.73 Å². The summed E-state index contributed by atoms with van der Waals surface area (Å²) >= 11 is 3.01. The van der Waals surface area contributed by atoms with Gasteiger partial charge in [-0.15, -0.1) is 0 Å². The maximum absolute atomic E-state index is 13.1. The van der Waals surface area contributed by atoms with Crippen LogP contribution in [0.2, 0.25) is 0 Å². The van der Waals surface area contributed by atoms with Crippen molar-refractivity contribution in [1.82, 2.24) is 9.55 Å². The number of hydrogen-bond acceptors (Lipinski definition) is 3. The molecule has 1 aromatic rings. The molecule has 1 saturated heterocycles. The maximum Gasteiger partial charge on any atom is 0.357 e. The van der Waals surface area contributed by atoms with Gasteiger partial charge in [0.05, 0.1) is 12.6 Å². The molecule has 2 rings (SSSR count). The summed E-state index contributed by atoms with van der Waals surface area (Å²) in [7, 11) is 0. The highest BCUT2D eigenvalue weighted by Gasteiger charge is 2.26. The van der Waals surface area contributed by atoms with E-state index in [1.54, 1.807) is 0 Å². The first-order chi connectivity index (χ1) is 7.09. The van der Waals surface area contributed by atoms with E-state index in [4.69, 9.17) is 9.84 Å². The molecule has 1 N–H and O–H groups in total. The fourth-order valence-corrected chi connectivity index (χ4v) is 1.88. The zero-order valence-electron chi connectivity index (χ0n) is 7.61. The highest BCUT2D eigenvalue weighted by Crippen LogP contribution is 2.20. The molecule has 2 heterocycles. The molecule has 0 unspecified atom stereocenters. The van der Waals surface area contributed by atoms with E-state index in [0.717, 1.165) is 6.42 Å². The smallest absolute Gasteiger partial charge is 0.357 e. The van der Waals surface area contributed by atoms with E-state index in [-0.39, 0.29) is 10.8 Å². The Hall–Kier alpha value is -0.950. The summed E-state index contributed by atoms with van der Waals surface area (Å²) < 4.78 is 19.7. The van der Waals surface area contributed by atoms with Crippen LogP contribution >= 0.6 is 15.9 Å². The first-order valence-electron chi connectivity index (χ1n) is 4.36. The third-order valence-electron chi connectivity index (χ3n) is 2.26. The van der Waals surface area contributed by atoms with Gasteiger partial charge in [0.25, 0.3) is 0 Å². The fraction of sp³-hybridized carbons (Fsp3) is 0.500. The van der Waals surface area contributed by atoms with Gasteiger partial charge in [0, 0.05) is 6.61 Å². The van der Waals surface area contributed by atoms with E-state index in [1.165, 1.54) is 4.57 Å². The van der Waals surface area contributed by atoms with Crippen molar-refractivity contribution in [2.75, 3.05) is 6.61 Å². The number of carboxylic acid groups (broad SMARTS) is 1. The summed E-state index contributed by atoms with van der Waals surface area (Å²) in [6.45, 7) is 0.973. The molecule has 82 valence electrons. The molecule has 15 heavy (non-hydrogen) atoms. The van der Waals surface area contributed by atoms with Crippen LogP contribution in [0.1, 0.15) is 16.9 Å². The number of carboxylic acids is 1. The molecule has 0 aliphatic carbocycles. The fourth-order valence-electron chi connectivity index (χ4n) is 1.40. The van der Waals surface area contributed by atoms with Gasteiger partial charge < -0.3 is 14.4 Å². The van der Waals surface area contributed by atoms with Gasteiger partial charge >= 0.3 is 5.97 Å². The zero-order valence-corrected chi connectivity index (χ0v) is 9.20. The molecule has 0 bridgehead atoms. The van der Waals surface area contributed by atoms with Gasteiger partial charge in [-0.25, -0.2) is 4.79 Å². The van der Waals surface area contributed by atoms with Gasteiger partial charge in [0.2, 0.25) is 5.95 Å². The van der Waals surface area contributed by atoms with Gasteiger partial charge in [0.1, 0.15) is 0 Å². The number of aromatic nitrogens is 2. The van der Waals surface area contributed by atoms with Gasteiger partial charge in [-0.05, 0) is 22.4 Å². The quantitative estimate of drug-likeness (QED) is 0.905. The molecule has 5 nitrogen and oxygen atoms in total. The normalized spacial score (nSPS) is 20.0. The molecular formula is C8H8BrFN2O3. The first kappa shape index (κ1) is 10.6. The van der Waals surface area contributed by atoms with Crippen LogP contribution in [-0.4, -0.2) is 33.3 Å². The van der Waals surface area contributed by atoms with Gasteiger partial charge in [0.15, 0.2) is 10.4 Å². The van der Waals surface area contributed by atoms with Gasteiger partial charge in [-0.3, -0.25) is 0 Å². The minimum Gasteiger partial charge on any atom is -0.476 e. The lowest BCUT2D eigenvalue weighted by molar-refractivity contribution is -0.0598. The Balaban J connectivity index is 2.30. The molecule has 1 aliphatic rings. The molecular weight excluding hydrogens is 271 g/mol. The first-order valence-corrected chi connectivity index (χ1v) is 5.15. The van der Waals surface area contributed by atoms with Crippen LogP contribution in [0.3, 0.4) is 0 Å². The largest absolute Gasteiger partial charge is 0.476 e. The van der Waals surface area contributed by atoms with Crippen molar-refractivity contribution in [1.29, 1.82) is 0 Å². The predicted molar refractivity (Wildman–Crippen MR) is 51.2 cm³/mol. The Kier molecular flexibility index (Phi) is 2.74. The zero-order chi connectivity index (χ0) is 11.0. The van der Waals surface area contributed by atoms with Crippen LogP contribution in [-0.2, 0) is 11.3 Å². The predicted octanol–water partition coefficient (Wildman–Crippen LogP) is 1.27. The highest BCUT2D eigenvalue weighted by molar-refractivity contribution is 9.10. The minimum absolute atomic E-state index is 0.0481. The van der Waals surface area contributed by atoms with Crippen molar-refractivity contribution in [2.45, 2.75) is 19.1 Å².